The number of methoxy groups -OCH3 is 1. The Morgan fingerprint density at radius 1 is 1.24 bits per heavy atom. The van der Waals surface area contributed by atoms with Gasteiger partial charge in [-0.15, -0.1) is 0 Å². The number of ether oxygens (including phenoxy) is 1. The molecular weight excluding hydrogens is 390 g/mol. The van der Waals surface area contributed by atoms with Crippen LogP contribution in [-0.2, 0) is 23.6 Å². The normalized spacial score (nSPS) is 15.7. The SMILES string of the molecule is COc1cc(Cn2cccn2)cc2c1c(NS(=O)(=O)CC1CCCCC1)nn2C. The van der Waals surface area contributed by atoms with Crippen molar-refractivity contribution < 1.29 is 13.2 Å². The second kappa shape index (κ2) is 8.06. The van der Waals surface area contributed by atoms with Gasteiger partial charge in [-0.2, -0.15) is 10.2 Å². The van der Waals surface area contributed by atoms with E-state index in [1.165, 1.54) is 6.42 Å². The van der Waals surface area contributed by atoms with Crippen LogP contribution in [0.15, 0.2) is 30.6 Å². The Morgan fingerprint density at radius 2 is 2.03 bits per heavy atom. The summed E-state index contributed by atoms with van der Waals surface area (Å²) in [6.07, 6.45) is 9.00. The fraction of sp³-hybridized carbons (Fsp3) is 0.500. The van der Waals surface area contributed by atoms with Crippen LogP contribution in [0.3, 0.4) is 0 Å². The fourth-order valence-electron chi connectivity index (χ4n) is 4.16. The van der Waals surface area contributed by atoms with Crippen molar-refractivity contribution in [2.45, 2.75) is 38.6 Å². The molecule has 0 aliphatic heterocycles. The highest BCUT2D eigenvalue weighted by Crippen LogP contribution is 2.34. The molecule has 0 amide bonds. The zero-order valence-electron chi connectivity index (χ0n) is 16.8. The van der Waals surface area contributed by atoms with E-state index in [0.29, 0.717) is 23.5 Å². The van der Waals surface area contributed by atoms with Crippen molar-refractivity contribution in [2.75, 3.05) is 17.6 Å². The van der Waals surface area contributed by atoms with Gasteiger partial charge in [0.15, 0.2) is 5.82 Å². The van der Waals surface area contributed by atoms with Crippen LogP contribution in [0.25, 0.3) is 10.9 Å². The quantitative estimate of drug-likeness (QED) is 0.638. The van der Waals surface area contributed by atoms with E-state index >= 15 is 0 Å². The van der Waals surface area contributed by atoms with Crippen LogP contribution in [0, 0.1) is 5.92 Å². The number of anilines is 1. The lowest BCUT2D eigenvalue weighted by molar-refractivity contribution is 0.385. The van der Waals surface area contributed by atoms with Crippen molar-refractivity contribution in [1.82, 2.24) is 19.6 Å². The third-order valence-corrected chi connectivity index (χ3v) is 6.95. The Labute approximate surface area is 170 Å². The molecule has 1 aliphatic rings. The Kier molecular flexibility index (Phi) is 5.49. The summed E-state index contributed by atoms with van der Waals surface area (Å²) < 4.78 is 37.4. The van der Waals surface area contributed by atoms with Gasteiger partial charge < -0.3 is 4.74 Å². The van der Waals surface area contributed by atoms with Crippen LogP contribution in [-0.4, -0.2) is 40.8 Å². The van der Waals surface area contributed by atoms with Gasteiger partial charge in [0.05, 0.1) is 30.3 Å². The van der Waals surface area contributed by atoms with E-state index in [9.17, 15) is 8.42 Å². The van der Waals surface area contributed by atoms with E-state index in [4.69, 9.17) is 4.74 Å². The van der Waals surface area contributed by atoms with E-state index in [-0.39, 0.29) is 11.7 Å². The average Bonchev–Trinajstić information content (AvgIpc) is 3.30. The highest BCUT2D eigenvalue weighted by molar-refractivity contribution is 7.92. The lowest BCUT2D eigenvalue weighted by atomic mass is 9.91. The minimum Gasteiger partial charge on any atom is -0.496 e. The van der Waals surface area contributed by atoms with Gasteiger partial charge in [-0.05, 0) is 42.5 Å². The van der Waals surface area contributed by atoms with Crippen LogP contribution in [0.4, 0.5) is 5.82 Å². The van der Waals surface area contributed by atoms with Gasteiger partial charge in [0.25, 0.3) is 0 Å². The first-order valence-corrected chi connectivity index (χ1v) is 11.6. The summed E-state index contributed by atoms with van der Waals surface area (Å²) >= 11 is 0. The van der Waals surface area contributed by atoms with Crippen LogP contribution in [0.1, 0.15) is 37.7 Å². The maximum atomic E-state index is 12.8. The summed E-state index contributed by atoms with van der Waals surface area (Å²) in [6, 6.07) is 5.77. The lowest BCUT2D eigenvalue weighted by Crippen LogP contribution is -2.24. The molecule has 2 heterocycles. The van der Waals surface area contributed by atoms with Crippen LogP contribution >= 0.6 is 0 Å². The summed E-state index contributed by atoms with van der Waals surface area (Å²) in [5, 5.41) is 9.35. The van der Waals surface area contributed by atoms with Gasteiger partial charge in [0.1, 0.15) is 5.75 Å². The summed E-state index contributed by atoms with van der Waals surface area (Å²) in [5.41, 5.74) is 1.81. The number of rotatable bonds is 7. The molecule has 156 valence electrons. The Balaban J connectivity index is 1.64. The highest BCUT2D eigenvalue weighted by atomic mass is 32.2. The van der Waals surface area contributed by atoms with Gasteiger partial charge in [-0.25, -0.2) is 8.42 Å². The monoisotopic (exact) mass is 417 g/mol. The molecule has 0 bridgehead atoms. The largest absolute Gasteiger partial charge is 0.496 e. The first kappa shape index (κ1) is 19.8. The fourth-order valence-corrected chi connectivity index (χ4v) is 5.64. The molecule has 4 rings (SSSR count). The van der Waals surface area contributed by atoms with Gasteiger partial charge in [-0.1, -0.05) is 19.3 Å². The Hall–Kier alpha value is -2.55. The van der Waals surface area contributed by atoms with Crippen LogP contribution < -0.4 is 9.46 Å². The molecule has 9 heteroatoms. The van der Waals surface area contributed by atoms with Crippen molar-refractivity contribution in [3.63, 3.8) is 0 Å². The number of benzene rings is 1. The first-order chi connectivity index (χ1) is 13.9. The predicted molar refractivity (Wildman–Crippen MR) is 113 cm³/mol. The molecule has 0 spiro atoms. The Bertz CT molecular complexity index is 1080. The van der Waals surface area contributed by atoms with E-state index in [0.717, 1.165) is 36.8 Å². The van der Waals surface area contributed by atoms with Gasteiger partial charge in [0, 0.05) is 19.4 Å². The van der Waals surface area contributed by atoms with Crippen molar-refractivity contribution in [3.05, 3.63) is 36.2 Å². The molecule has 29 heavy (non-hydrogen) atoms. The number of hydrogen-bond acceptors (Lipinski definition) is 5. The third-order valence-electron chi connectivity index (χ3n) is 5.53. The van der Waals surface area contributed by atoms with Crippen molar-refractivity contribution >= 4 is 26.7 Å². The molecule has 1 aromatic carbocycles. The molecule has 0 radical (unpaired) electrons. The number of sulfonamides is 1. The van der Waals surface area contributed by atoms with Gasteiger partial charge in [0.2, 0.25) is 10.0 Å². The molecule has 0 atom stereocenters. The van der Waals surface area contributed by atoms with Gasteiger partial charge >= 0.3 is 0 Å². The number of fused-ring (bicyclic) bond motifs is 1. The summed E-state index contributed by atoms with van der Waals surface area (Å²) in [6.45, 7) is 0.590. The van der Waals surface area contributed by atoms with Crippen molar-refractivity contribution in [2.24, 2.45) is 13.0 Å². The van der Waals surface area contributed by atoms with E-state index in [1.54, 1.807) is 25.0 Å². The first-order valence-electron chi connectivity index (χ1n) is 9.97. The Morgan fingerprint density at radius 3 is 2.72 bits per heavy atom. The number of nitrogens with zero attached hydrogens (tertiary/aromatic N) is 4. The highest BCUT2D eigenvalue weighted by Gasteiger charge is 2.24. The molecular formula is C20H27N5O3S. The van der Waals surface area contributed by atoms with E-state index in [1.807, 2.05) is 29.1 Å². The molecule has 8 nitrogen and oxygen atoms in total. The van der Waals surface area contributed by atoms with Crippen LogP contribution in [0.5, 0.6) is 5.75 Å². The zero-order valence-corrected chi connectivity index (χ0v) is 17.7. The number of nitrogens with one attached hydrogen (secondary N) is 1. The molecule has 0 saturated heterocycles. The molecule has 2 aromatic heterocycles. The summed E-state index contributed by atoms with van der Waals surface area (Å²) in [7, 11) is -0.0969. The van der Waals surface area contributed by atoms with E-state index < -0.39 is 10.0 Å². The summed E-state index contributed by atoms with van der Waals surface area (Å²) in [5.74, 6) is 1.28. The standard InChI is InChI=1S/C20H27N5O3S/c1-24-17-11-16(13-25-10-6-9-21-25)12-18(28-2)19(17)20(22-24)23-29(26,27)14-15-7-4-3-5-8-15/h6,9-12,15H,3-5,7-8,13-14H2,1-2H3,(H,22,23). The average molecular weight is 418 g/mol. The molecule has 0 unspecified atom stereocenters. The number of hydrogen-bond donors (Lipinski definition) is 1. The van der Waals surface area contributed by atoms with E-state index in [2.05, 4.69) is 14.9 Å². The molecule has 1 aliphatic carbocycles. The topological polar surface area (TPSA) is 91.0 Å². The molecule has 1 saturated carbocycles. The third kappa shape index (κ3) is 4.39. The lowest BCUT2D eigenvalue weighted by Gasteiger charge is -2.21. The minimum absolute atomic E-state index is 0.144. The second-order valence-electron chi connectivity index (χ2n) is 7.76. The minimum atomic E-state index is -3.48. The predicted octanol–water partition coefficient (Wildman–Crippen LogP) is 3.15. The second-order valence-corrected chi connectivity index (χ2v) is 9.52. The number of aryl methyl sites for hydroxylation is 1. The van der Waals surface area contributed by atoms with Crippen LogP contribution in [0.2, 0.25) is 0 Å². The van der Waals surface area contributed by atoms with Crippen molar-refractivity contribution in [3.8, 4) is 5.75 Å². The van der Waals surface area contributed by atoms with Gasteiger partial charge in [-0.3, -0.25) is 14.1 Å². The summed E-state index contributed by atoms with van der Waals surface area (Å²) in [4.78, 5) is 0. The zero-order chi connectivity index (χ0) is 20.4. The smallest absolute Gasteiger partial charge is 0.234 e. The molecule has 1 N–H and O–H groups in total. The number of aromatic nitrogens is 4. The molecule has 3 aromatic rings. The molecule has 1 fully saturated rings. The maximum Gasteiger partial charge on any atom is 0.234 e. The van der Waals surface area contributed by atoms with Crippen molar-refractivity contribution in [1.29, 1.82) is 0 Å². The maximum absolute atomic E-state index is 12.8.